The molecule has 14 heavy (non-hydrogen) atoms. The lowest BCUT2D eigenvalue weighted by atomic mass is 10.0. The third kappa shape index (κ3) is 3.04. The maximum absolute atomic E-state index is 6.03. The van der Waals surface area contributed by atoms with Gasteiger partial charge in [-0.25, -0.2) is 0 Å². The molecule has 0 fully saturated rings. The first-order chi connectivity index (χ1) is 6.77. The van der Waals surface area contributed by atoms with Crippen molar-refractivity contribution >= 4 is 0 Å². The molecule has 0 amide bonds. The molecule has 1 aromatic carbocycles. The Kier molecular flexibility index (Phi) is 4.47. The molecule has 1 aromatic rings. The van der Waals surface area contributed by atoms with E-state index in [9.17, 15) is 0 Å². The van der Waals surface area contributed by atoms with Crippen LogP contribution in [0.3, 0.4) is 0 Å². The minimum absolute atomic E-state index is 0.167. The Hall–Kier alpha value is -1.02. The van der Waals surface area contributed by atoms with Crippen molar-refractivity contribution in [1.82, 2.24) is 0 Å². The van der Waals surface area contributed by atoms with Gasteiger partial charge in [0.1, 0.15) is 5.75 Å². The van der Waals surface area contributed by atoms with Gasteiger partial charge in [0.25, 0.3) is 0 Å². The van der Waals surface area contributed by atoms with Gasteiger partial charge in [-0.15, -0.1) is 0 Å². The lowest BCUT2D eigenvalue weighted by molar-refractivity contribution is 0.414. The summed E-state index contributed by atoms with van der Waals surface area (Å²) >= 11 is 0. The quantitative estimate of drug-likeness (QED) is 0.780. The van der Waals surface area contributed by atoms with Gasteiger partial charge in [0.05, 0.1) is 7.11 Å². The van der Waals surface area contributed by atoms with E-state index in [0.717, 1.165) is 12.2 Å². The highest BCUT2D eigenvalue weighted by molar-refractivity contribution is 5.28. The maximum atomic E-state index is 6.03. The number of nitrogens with two attached hydrogens (primary N) is 1. The van der Waals surface area contributed by atoms with Crippen molar-refractivity contribution in [3.05, 3.63) is 29.8 Å². The molecule has 0 aromatic heterocycles. The van der Waals surface area contributed by atoms with Crippen LogP contribution >= 0.6 is 0 Å². The topological polar surface area (TPSA) is 35.2 Å². The number of ether oxygens (including phenoxy) is 1. The monoisotopic (exact) mass is 193 g/mol. The standard InChI is InChI=1S/C12H19NO/c1-3-4-5-12(13)10-6-8-11(14-2)9-7-10/h6-9,12H,3-5,13H2,1-2H3. The number of hydrogen-bond acceptors (Lipinski definition) is 2. The molecule has 2 nitrogen and oxygen atoms in total. The average molecular weight is 193 g/mol. The summed E-state index contributed by atoms with van der Waals surface area (Å²) in [6.45, 7) is 2.18. The second-order valence-corrected chi connectivity index (χ2v) is 3.52. The van der Waals surface area contributed by atoms with Gasteiger partial charge in [-0.3, -0.25) is 0 Å². The lowest BCUT2D eigenvalue weighted by Crippen LogP contribution is -2.09. The fourth-order valence-electron chi connectivity index (χ4n) is 1.44. The summed E-state index contributed by atoms with van der Waals surface area (Å²) in [4.78, 5) is 0. The van der Waals surface area contributed by atoms with Gasteiger partial charge in [-0.2, -0.15) is 0 Å². The molecule has 2 N–H and O–H groups in total. The summed E-state index contributed by atoms with van der Waals surface area (Å²) in [5, 5.41) is 0. The SMILES string of the molecule is CCCCC(N)c1ccc(OC)cc1. The van der Waals surface area contributed by atoms with Crippen molar-refractivity contribution in [2.75, 3.05) is 7.11 Å². The van der Waals surface area contributed by atoms with E-state index in [0.29, 0.717) is 0 Å². The van der Waals surface area contributed by atoms with Crippen LogP contribution in [0.4, 0.5) is 0 Å². The van der Waals surface area contributed by atoms with Crippen molar-refractivity contribution in [3.8, 4) is 5.75 Å². The zero-order valence-corrected chi connectivity index (χ0v) is 8.99. The smallest absolute Gasteiger partial charge is 0.118 e. The molecule has 1 unspecified atom stereocenters. The van der Waals surface area contributed by atoms with E-state index in [1.165, 1.54) is 18.4 Å². The van der Waals surface area contributed by atoms with Crippen LogP contribution in [0.1, 0.15) is 37.8 Å². The zero-order chi connectivity index (χ0) is 10.4. The molecule has 0 radical (unpaired) electrons. The average Bonchev–Trinajstić information content (AvgIpc) is 2.26. The van der Waals surface area contributed by atoms with Crippen molar-refractivity contribution in [1.29, 1.82) is 0 Å². The highest BCUT2D eigenvalue weighted by atomic mass is 16.5. The van der Waals surface area contributed by atoms with Crippen LogP contribution < -0.4 is 10.5 Å². The summed E-state index contributed by atoms with van der Waals surface area (Å²) in [6, 6.07) is 8.17. The molecular weight excluding hydrogens is 174 g/mol. The summed E-state index contributed by atoms with van der Waals surface area (Å²) in [5.74, 6) is 0.886. The van der Waals surface area contributed by atoms with Crippen LogP contribution in [0, 0.1) is 0 Å². The maximum Gasteiger partial charge on any atom is 0.118 e. The second kappa shape index (κ2) is 5.66. The van der Waals surface area contributed by atoms with Gasteiger partial charge in [-0.1, -0.05) is 31.9 Å². The predicted octanol–water partition coefficient (Wildman–Crippen LogP) is 2.89. The molecule has 0 saturated carbocycles. The van der Waals surface area contributed by atoms with E-state index < -0.39 is 0 Å². The van der Waals surface area contributed by atoms with Crippen molar-refractivity contribution in [2.24, 2.45) is 5.73 Å². The molecular formula is C12H19NO. The van der Waals surface area contributed by atoms with Crippen LogP contribution in [0.5, 0.6) is 5.75 Å². The third-order valence-electron chi connectivity index (χ3n) is 2.41. The number of benzene rings is 1. The predicted molar refractivity (Wildman–Crippen MR) is 59.4 cm³/mol. The zero-order valence-electron chi connectivity index (χ0n) is 8.99. The molecule has 0 aliphatic carbocycles. The molecule has 2 heteroatoms. The first-order valence-electron chi connectivity index (χ1n) is 5.17. The third-order valence-corrected chi connectivity index (χ3v) is 2.41. The summed E-state index contributed by atoms with van der Waals surface area (Å²) in [7, 11) is 1.67. The highest BCUT2D eigenvalue weighted by Gasteiger charge is 2.04. The summed E-state index contributed by atoms with van der Waals surface area (Å²) < 4.78 is 5.09. The van der Waals surface area contributed by atoms with Gasteiger partial charge in [0.2, 0.25) is 0 Å². The first kappa shape index (κ1) is 11.1. The van der Waals surface area contributed by atoms with E-state index in [2.05, 4.69) is 6.92 Å². The van der Waals surface area contributed by atoms with Crippen molar-refractivity contribution < 1.29 is 4.74 Å². The van der Waals surface area contributed by atoms with E-state index in [1.54, 1.807) is 7.11 Å². The minimum atomic E-state index is 0.167. The van der Waals surface area contributed by atoms with Gasteiger partial charge in [0.15, 0.2) is 0 Å². The summed E-state index contributed by atoms with van der Waals surface area (Å²) in [5.41, 5.74) is 7.23. The van der Waals surface area contributed by atoms with E-state index in [-0.39, 0.29) is 6.04 Å². The molecule has 1 rings (SSSR count). The Morgan fingerprint density at radius 3 is 2.43 bits per heavy atom. The Morgan fingerprint density at radius 1 is 1.29 bits per heavy atom. The van der Waals surface area contributed by atoms with Crippen LogP contribution in [0.2, 0.25) is 0 Å². The molecule has 0 aliphatic rings. The van der Waals surface area contributed by atoms with Gasteiger partial charge >= 0.3 is 0 Å². The number of rotatable bonds is 5. The minimum Gasteiger partial charge on any atom is -0.497 e. The fourth-order valence-corrected chi connectivity index (χ4v) is 1.44. The Balaban J connectivity index is 2.57. The molecule has 0 heterocycles. The van der Waals surface area contributed by atoms with Crippen LogP contribution in [-0.4, -0.2) is 7.11 Å². The van der Waals surface area contributed by atoms with E-state index >= 15 is 0 Å². The Morgan fingerprint density at radius 2 is 1.93 bits per heavy atom. The van der Waals surface area contributed by atoms with Crippen LogP contribution in [0.15, 0.2) is 24.3 Å². The lowest BCUT2D eigenvalue weighted by Gasteiger charge is -2.11. The largest absolute Gasteiger partial charge is 0.497 e. The molecule has 78 valence electrons. The van der Waals surface area contributed by atoms with Gasteiger partial charge < -0.3 is 10.5 Å². The molecule has 0 saturated heterocycles. The molecule has 0 spiro atoms. The van der Waals surface area contributed by atoms with Crippen LogP contribution in [-0.2, 0) is 0 Å². The Bertz CT molecular complexity index is 256. The number of methoxy groups -OCH3 is 1. The summed E-state index contributed by atoms with van der Waals surface area (Å²) in [6.07, 6.45) is 3.44. The molecule has 0 bridgehead atoms. The van der Waals surface area contributed by atoms with Gasteiger partial charge in [-0.05, 0) is 24.1 Å². The van der Waals surface area contributed by atoms with Gasteiger partial charge in [0, 0.05) is 6.04 Å². The highest BCUT2D eigenvalue weighted by Crippen LogP contribution is 2.19. The van der Waals surface area contributed by atoms with E-state index in [4.69, 9.17) is 10.5 Å². The fraction of sp³-hybridized carbons (Fsp3) is 0.500. The first-order valence-corrected chi connectivity index (χ1v) is 5.17. The molecule has 0 aliphatic heterocycles. The number of unbranched alkanes of at least 4 members (excludes halogenated alkanes) is 1. The second-order valence-electron chi connectivity index (χ2n) is 3.52. The Labute approximate surface area is 86.1 Å². The normalized spacial score (nSPS) is 12.5. The van der Waals surface area contributed by atoms with Crippen LogP contribution in [0.25, 0.3) is 0 Å². The molecule has 1 atom stereocenters. The van der Waals surface area contributed by atoms with Crippen molar-refractivity contribution in [3.63, 3.8) is 0 Å². The number of hydrogen-bond donors (Lipinski definition) is 1. The van der Waals surface area contributed by atoms with E-state index in [1.807, 2.05) is 24.3 Å². The van der Waals surface area contributed by atoms with Crippen molar-refractivity contribution in [2.45, 2.75) is 32.2 Å².